The molecule has 3 aromatic rings. The van der Waals surface area contributed by atoms with E-state index in [0.717, 1.165) is 37.6 Å². The number of hydrogen-bond acceptors (Lipinski definition) is 2. The van der Waals surface area contributed by atoms with Crippen LogP contribution >= 0.6 is 24.0 Å². The molecule has 0 bridgehead atoms. The van der Waals surface area contributed by atoms with Crippen LogP contribution in [0.4, 0.5) is 0 Å². The average Bonchev–Trinajstić information content (AvgIpc) is 3.15. The van der Waals surface area contributed by atoms with Crippen molar-refractivity contribution in [2.75, 3.05) is 26.7 Å². The fraction of sp³-hybridized carbons (Fsp3) is 0.261. The van der Waals surface area contributed by atoms with Crippen molar-refractivity contribution in [3.63, 3.8) is 0 Å². The number of rotatable bonds is 8. The predicted octanol–water partition coefficient (Wildman–Crippen LogP) is 3.75. The van der Waals surface area contributed by atoms with Crippen molar-refractivity contribution in [2.24, 2.45) is 4.99 Å². The van der Waals surface area contributed by atoms with Gasteiger partial charge in [-0.05, 0) is 42.2 Å². The van der Waals surface area contributed by atoms with Gasteiger partial charge in [-0.15, -0.1) is 30.4 Å². The minimum atomic E-state index is 0. The molecule has 29 heavy (non-hydrogen) atoms. The first-order chi connectivity index (χ1) is 13.8. The molecule has 0 unspecified atom stereocenters. The maximum absolute atomic E-state index is 5.39. The monoisotopic (exact) mass is 502 g/mol. The molecule has 0 aliphatic carbocycles. The highest BCUT2D eigenvalue weighted by Gasteiger charge is 2.03. The van der Waals surface area contributed by atoms with E-state index < -0.39 is 0 Å². The van der Waals surface area contributed by atoms with Gasteiger partial charge < -0.3 is 20.4 Å². The van der Waals surface area contributed by atoms with Crippen molar-refractivity contribution >= 4 is 40.8 Å². The van der Waals surface area contributed by atoms with Crippen LogP contribution in [0, 0.1) is 12.3 Å². The molecule has 0 saturated heterocycles. The predicted molar refractivity (Wildman–Crippen MR) is 131 cm³/mol. The van der Waals surface area contributed by atoms with Gasteiger partial charge in [0.05, 0.1) is 0 Å². The fourth-order valence-electron chi connectivity index (χ4n) is 3.08. The molecule has 2 aromatic carbocycles. The molecule has 0 aliphatic heterocycles. The Labute approximate surface area is 189 Å². The van der Waals surface area contributed by atoms with Gasteiger partial charge in [-0.2, -0.15) is 0 Å². The van der Waals surface area contributed by atoms with Gasteiger partial charge in [0.25, 0.3) is 0 Å². The lowest BCUT2D eigenvalue weighted by Gasteiger charge is -2.12. The summed E-state index contributed by atoms with van der Waals surface area (Å²) in [6.45, 7) is 1.92. The molecular weight excluding hydrogens is 475 g/mol. The van der Waals surface area contributed by atoms with E-state index in [9.17, 15) is 0 Å². The smallest absolute Gasteiger partial charge is 0.190 e. The highest BCUT2D eigenvalue weighted by molar-refractivity contribution is 14.0. The van der Waals surface area contributed by atoms with Gasteiger partial charge in [-0.3, -0.25) is 4.99 Å². The van der Waals surface area contributed by atoms with E-state index in [2.05, 4.69) is 63.1 Å². The maximum atomic E-state index is 5.39. The summed E-state index contributed by atoms with van der Waals surface area (Å²) in [6, 6.07) is 16.4. The van der Waals surface area contributed by atoms with Crippen molar-refractivity contribution in [1.82, 2.24) is 15.6 Å². The highest BCUT2D eigenvalue weighted by atomic mass is 127. The average molecular weight is 502 g/mol. The third-order valence-electron chi connectivity index (χ3n) is 4.54. The summed E-state index contributed by atoms with van der Waals surface area (Å²) in [5, 5.41) is 8.01. The lowest BCUT2D eigenvalue weighted by molar-refractivity contribution is 0.370. The van der Waals surface area contributed by atoms with E-state index >= 15 is 0 Å². The lowest BCUT2D eigenvalue weighted by Crippen LogP contribution is -2.39. The van der Waals surface area contributed by atoms with Crippen LogP contribution in [0.5, 0.6) is 5.75 Å². The number of H-pyrrole nitrogens is 1. The number of aliphatic imine (C=N–C) groups is 1. The Balaban J connectivity index is 0.00000300. The fourth-order valence-corrected chi connectivity index (χ4v) is 3.08. The van der Waals surface area contributed by atoms with Crippen LogP contribution in [0.3, 0.4) is 0 Å². The Kier molecular flexibility index (Phi) is 9.38. The number of hydrogen-bond donors (Lipinski definition) is 3. The number of aromatic amines is 1. The van der Waals surface area contributed by atoms with Gasteiger partial charge in [0.1, 0.15) is 12.4 Å². The van der Waals surface area contributed by atoms with Crippen molar-refractivity contribution in [3.8, 4) is 18.1 Å². The number of nitrogens with zero attached hydrogens (tertiary/aromatic N) is 1. The first-order valence-electron chi connectivity index (χ1n) is 9.45. The second-order valence-corrected chi connectivity index (χ2v) is 6.42. The van der Waals surface area contributed by atoms with Crippen molar-refractivity contribution < 1.29 is 4.74 Å². The van der Waals surface area contributed by atoms with Crippen LogP contribution in [0.25, 0.3) is 10.9 Å². The van der Waals surface area contributed by atoms with E-state index in [4.69, 9.17) is 11.2 Å². The maximum Gasteiger partial charge on any atom is 0.190 e. The van der Waals surface area contributed by atoms with Crippen LogP contribution in [-0.4, -0.2) is 37.7 Å². The zero-order valence-corrected chi connectivity index (χ0v) is 18.9. The number of aromatic nitrogens is 1. The van der Waals surface area contributed by atoms with E-state index in [1.807, 2.05) is 18.2 Å². The Morgan fingerprint density at radius 1 is 1.07 bits per heavy atom. The van der Waals surface area contributed by atoms with Gasteiger partial charge in [-0.25, -0.2) is 0 Å². The summed E-state index contributed by atoms with van der Waals surface area (Å²) >= 11 is 0. The Bertz CT molecular complexity index is 957. The second kappa shape index (κ2) is 12.0. The molecule has 0 aliphatic rings. The van der Waals surface area contributed by atoms with Gasteiger partial charge in [-0.1, -0.05) is 36.3 Å². The molecular formula is C23H27IN4O. The largest absolute Gasteiger partial charge is 0.481 e. The SMILES string of the molecule is C#CCOc1ccc(CCNC(=NC)NCCc2c[nH]c3ccccc23)cc1.I. The molecule has 1 heterocycles. The zero-order chi connectivity index (χ0) is 19.6. The first kappa shape index (κ1) is 22.6. The molecule has 0 amide bonds. The Hall–Kier alpha value is -2.66. The number of nitrogens with one attached hydrogen (secondary N) is 3. The minimum absolute atomic E-state index is 0. The van der Waals surface area contributed by atoms with Crippen molar-refractivity contribution in [2.45, 2.75) is 12.8 Å². The van der Waals surface area contributed by atoms with Gasteiger partial charge in [0, 0.05) is 37.2 Å². The second-order valence-electron chi connectivity index (χ2n) is 6.42. The molecule has 0 spiro atoms. The number of guanidine groups is 1. The molecule has 5 nitrogen and oxygen atoms in total. The molecule has 1 aromatic heterocycles. The van der Waals surface area contributed by atoms with Gasteiger partial charge in [0.2, 0.25) is 0 Å². The Morgan fingerprint density at radius 3 is 2.52 bits per heavy atom. The Morgan fingerprint density at radius 2 is 1.79 bits per heavy atom. The first-order valence-corrected chi connectivity index (χ1v) is 9.45. The molecule has 0 fully saturated rings. The number of ether oxygens (including phenoxy) is 1. The summed E-state index contributed by atoms with van der Waals surface area (Å²) in [6.07, 6.45) is 9.12. The van der Waals surface area contributed by atoms with E-state index in [0.29, 0.717) is 6.61 Å². The van der Waals surface area contributed by atoms with E-state index in [-0.39, 0.29) is 24.0 Å². The van der Waals surface area contributed by atoms with E-state index in [1.54, 1.807) is 7.05 Å². The summed E-state index contributed by atoms with van der Waals surface area (Å²) in [7, 11) is 1.79. The van der Waals surface area contributed by atoms with Crippen LogP contribution in [0.15, 0.2) is 59.7 Å². The molecule has 0 atom stereocenters. The van der Waals surface area contributed by atoms with Crippen LogP contribution in [-0.2, 0) is 12.8 Å². The summed E-state index contributed by atoms with van der Waals surface area (Å²) in [4.78, 5) is 7.61. The number of fused-ring (bicyclic) bond motifs is 1. The standard InChI is InChI=1S/C23H26N4O.HI/c1-3-16-28-20-10-8-18(9-11-20)12-14-25-23(24-2)26-15-13-19-17-27-22-7-5-4-6-21(19)22;/h1,4-11,17,27H,12-16H2,2H3,(H2,24,25,26);1H. The summed E-state index contributed by atoms with van der Waals surface area (Å²) in [5.41, 5.74) is 3.72. The third-order valence-corrected chi connectivity index (χ3v) is 4.54. The highest BCUT2D eigenvalue weighted by Crippen LogP contribution is 2.17. The lowest BCUT2D eigenvalue weighted by atomic mass is 10.1. The van der Waals surface area contributed by atoms with Crippen molar-refractivity contribution in [1.29, 1.82) is 0 Å². The number of halogens is 1. The van der Waals surface area contributed by atoms with Crippen LogP contribution in [0.2, 0.25) is 0 Å². The zero-order valence-electron chi connectivity index (χ0n) is 16.6. The molecule has 0 radical (unpaired) electrons. The molecule has 0 saturated carbocycles. The summed E-state index contributed by atoms with van der Waals surface area (Å²) < 4.78 is 5.39. The minimum Gasteiger partial charge on any atom is -0.481 e. The van der Waals surface area contributed by atoms with Gasteiger partial charge >= 0.3 is 0 Å². The number of terminal acetylenes is 1. The normalized spacial score (nSPS) is 10.8. The molecule has 6 heteroatoms. The van der Waals surface area contributed by atoms with Gasteiger partial charge in [0.15, 0.2) is 5.96 Å². The molecule has 3 N–H and O–H groups in total. The van der Waals surface area contributed by atoms with Crippen LogP contribution < -0.4 is 15.4 Å². The molecule has 152 valence electrons. The molecule has 3 rings (SSSR count). The quantitative estimate of drug-likeness (QED) is 0.190. The summed E-state index contributed by atoms with van der Waals surface area (Å²) in [5.74, 6) is 4.07. The van der Waals surface area contributed by atoms with Crippen molar-refractivity contribution in [3.05, 3.63) is 65.9 Å². The number of para-hydroxylation sites is 1. The third kappa shape index (κ3) is 6.71. The number of benzene rings is 2. The van der Waals surface area contributed by atoms with Crippen LogP contribution in [0.1, 0.15) is 11.1 Å². The topological polar surface area (TPSA) is 61.4 Å². The van der Waals surface area contributed by atoms with E-state index in [1.165, 1.54) is 22.0 Å².